The van der Waals surface area contributed by atoms with Crippen molar-refractivity contribution in [3.63, 3.8) is 0 Å². The fourth-order valence-electron chi connectivity index (χ4n) is 2.53. The average molecular weight is 1190 g/mol. The van der Waals surface area contributed by atoms with Gasteiger partial charge in [0.1, 0.15) is 0 Å². The summed E-state index contributed by atoms with van der Waals surface area (Å²) >= 11 is 18.2. The molecule has 60 heavy (non-hydrogen) atoms. The molecule has 0 atom stereocenters. The summed E-state index contributed by atoms with van der Waals surface area (Å²) in [5, 5.41) is 18.2. The maximum atomic E-state index is 9.75. The second kappa shape index (κ2) is 41.7. The minimum absolute atomic E-state index is 0. The van der Waals surface area contributed by atoms with Crippen LogP contribution in [0.2, 0.25) is 23.7 Å². The molecule has 3 rings (SSSR count). The van der Waals surface area contributed by atoms with E-state index < -0.39 is 36.1 Å². The van der Waals surface area contributed by atoms with Gasteiger partial charge in [-0.3, -0.25) is 0 Å². The van der Waals surface area contributed by atoms with Crippen molar-refractivity contribution in [2.75, 3.05) is 0 Å². The fourth-order valence-corrected chi connectivity index (χ4v) is 3.65. The van der Waals surface area contributed by atoms with E-state index in [-0.39, 0.29) is 36.3 Å². The molecule has 40 heteroatoms. The van der Waals surface area contributed by atoms with E-state index in [9.17, 15) is 69.1 Å². The van der Waals surface area contributed by atoms with Crippen LogP contribution in [-0.2, 0) is 25.8 Å². The Bertz CT molecular complexity index is 1270. The normalized spacial score (nSPS) is 9.67. The van der Waals surface area contributed by atoms with Gasteiger partial charge in [0, 0.05) is 87.5 Å². The summed E-state index contributed by atoms with van der Waals surface area (Å²) in [6.45, 7) is 4.17. The summed E-state index contributed by atoms with van der Waals surface area (Å²) in [6.07, 6.45) is 0. The number of halogens is 20. The molecule has 0 unspecified atom stereocenters. The summed E-state index contributed by atoms with van der Waals surface area (Å²) in [5.41, 5.74) is 3.78. The van der Waals surface area contributed by atoms with Gasteiger partial charge in [0.15, 0.2) is 0 Å². The molecule has 0 heterocycles. The first-order chi connectivity index (χ1) is 26.6. The van der Waals surface area contributed by atoms with E-state index in [2.05, 4.69) is 93.7 Å². The second-order valence-corrected chi connectivity index (χ2v) is 13.3. The van der Waals surface area contributed by atoms with Crippen molar-refractivity contribution in [3.05, 3.63) is 88.9 Å². The number of rotatable bonds is 10. The Morgan fingerprint density at radius 3 is 0.983 bits per heavy atom. The van der Waals surface area contributed by atoms with Crippen molar-refractivity contribution in [3.8, 4) is 0 Å². The van der Waals surface area contributed by atoms with Crippen LogP contribution < -0.4 is 16.4 Å². The van der Waals surface area contributed by atoms with Crippen LogP contribution in [0.5, 0.6) is 0 Å². The van der Waals surface area contributed by atoms with Gasteiger partial charge in [-0.05, 0) is 12.1 Å². The Hall–Kier alpha value is -0.0260. The third-order valence-electron chi connectivity index (χ3n) is 4.20. The van der Waals surface area contributed by atoms with Gasteiger partial charge in [-0.25, -0.2) is 0 Å². The predicted octanol–water partition coefficient (Wildman–Crippen LogP) is 5.88. The van der Waals surface area contributed by atoms with Crippen LogP contribution >= 0.6 is 54.7 Å². The Morgan fingerprint density at radius 1 is 0.517 bits per heavy atom. The smallest absolute Gasteiger partial charge is 0.423 e. The number of benzene rings is 3. The van der Waals surface area contributed by atoms with Crippen molar-refractivity contribution >= 4 is 190 Å². The van der Waals surface area contributed by atoms with Crippen molar-refractivity contribution in [2.45, 2.75) is 13.6 Å². The average Bonchev–Trinajstić information content (AvgIpc) is 3.04. The van der Waals surface area contributed by atoms with Crippen LogP contribution in [0, 0.1) is 0 Å². The fraction of sp³-hybridized carbons (Fsp3) is 0.100. The molecule has 0 spiro atoms. The zero-order valence-electron chi connectivity index (χ0n) is 30.8. The first kappa shape index (κ1) is 71.6. The van der Waals surface area contributed by atoms with Crippen LogP contribution in [0.25, 0.3) is 0 Å². The van der Waals surface area contributed by atoms with E-state index in [0.717, 1.165) is 0 Å². The summed E-state index contributed by atoms with van der Waals surface area (Å²) < 4.78 is 156. The number of hydrogen-bond donors (Lipinski definition) is 2. The zero-order valence-corrected chi connectivity index (χ0v) is 39.1. The van der Waals surface area contributed by atoms with Gasteiger partial charge >= 0.3 is 62.0 Å². The minimum Gasteiger partial charge on any atom is -0.423 e. The monoisotopic (exact) mass is 1190 g/mol. The Morgan fingerprint density at radius 2 is 0.767 bits per heavy atom. The zero-order chi connectivity index (χ0) is 47.5. The number of hydrogen-bond acceptors (Lipinski definition) is 2. The second-order valence-electron chi connectivity index (χ2n) is 9.76. The topological polar surface area (TPSA) is 40.5 Å². The summed E-state index contributed by atoms with van der Waals surface area (Å²) in [7, 11) is -1.54. The van der Waals surface area contributed by atoms with Gasteiger partial charge in [0.25, 0.3) is 5.54 Å². The maximum absolute atomic E-state index is 9.75. The molecule has 0 amide bonds. The van der Waals surface area contributed by atoms with Gasteiger partial charge in [0.2, 0.25) is 5.54 Å². The molecule has 3 aromatic rings. The van der Waals surface area contributed by atoms with E-state index in [0.29, 0.717) is 16.1 Å². The maximum Gasteiger partial charge on any atom is 4.00 e. The molecule has 0 aromatic heterocycles. The van der Waals surface area contributed by atoms with Crippen LogP contribution in [0.1, 0.15) is 0 Å². The quantitative estimate of drug-likeness (QED) is 0.152. The molecule has 0 saturated carbocycles. The Balaban J connectivity index is -0.000000145. The molecule has 2 nitrogen and oxygen atoms in total. The van der Waals surface area contributed by atoms with E-state index in [1.807, 2.05) is 40.4 Å². The molecule has 0 bridgehead atoms. The molecular formula is C20H21B17Br2Cl2F16HfO2. The minimum atomic E-state index is -6.00. The van der Waals surface area contributed by atoms with E-state index in [1.165, 1.54) is 37.2 Å². The van der Waals surface area contributed by atoms with Crippen molar-refractivity contribution < 1.29 is 105 Å². The van der Waals surface area contributed by atoms with Gasteiger partial charge in [-0.2, -0.15) is 15.8 Å². The van der Waals surface area contributed by atoms with E-state index in [4.69, 9.17) is 48.7 Å². The molecule has 0 aliphatic carbocycles. The molecule has 12 radical (unpaired) electrons. The van der Waals surface area contributed by atoms with Crippen LogP contribution in [0.3, 0.4) is 0 Å². The first-order valence-electron chi connectivity index (χ1n) is 15.4. The standard InChI is InChI=1S/C12H10BBr.C6H5BCl2O2.C2H6BBr.B10.4BF4.Hf/c14-13(11-7-3-1-4-8-11)12-9-5-2-6-10-12;8-4-1-2-5(7(10)11)6(9)3-4;1-3(2)4;1-3-5-7-9-10-8-6-4-2;4*2-1(3,4)5;/h1-10H;1-3,10-11H;1-2H3;;;;;;/q;;;;4*-1;+4. The SMILES string of the molecule is BrB(c1ccccc1)c1ccccc1.CB(C)Br.F[B-](F)(F)F.F[B-](F)(F)F.F[B-](F)(F)F.F[B-](F)(F)F.OB(O)c1ccc(Cl)cc1Cl.[B][B][B][B][B][B][B][B][B][B].[Hf+4]. The largest absolute Gasteiger partial charge is 4.00 e. The molecule has 0 saturated heterocycles. The predicted molar refractivity (Wildman–Crippen MR) is 238 cm³/mol. The molecule has 0 fully saturated rings. The van der Waals surface area contributed by atoms with Crippen molar-refractivity contribution in [1.29, 1.82) is 0 Å². The van der Waals surface area contributed by atoms with Gasteiger partial charge in [-0.15, -0.1) is 15.8 Å². The van der Waals surface area contributed by atoms with Crippen LogP contribution in [0.15, 0.2) is 78.9 Å². The van der Waals surface area contributed by atoms with Gasteiger partial charge in [0.05, 0.1) is 0 Å². The van der Waals surface area contributed by atoms with Crippen LogP contribution in [0.4, 0.5) is 69.1 Å². The molecule has 0 aliphatic heterocycles. The van der Waals surface area contributed by atoms with Gasteiger partial charge in [-0.1, -0.05) is 115 Å². The molecule has 0 aliphatic rings. The Kier molecular flexibility index (Phi) is 49.7. The van der Waals surface area contributed by atoms with Crippen molar-refractivity contribution in [2.24, 2.45) is 0 Å². The summed E-state index contributed by atoms with van der Waals surface area (Å²) in [6, 6.07) is 25.3. The third kappa shape index (κ3) is 81.8. The van der Waals surface area contributed by atoms with Crippen LogP contribution in [-0.4, -0.2) is 129 Å². The van der Waals surface area contributed by atoms with Gasteiger partial charge < -0.3 is 79.1 Å². The van der Waals surface area contributed by atoms with E-state index >= 15 is 0 Å². The molecular weight excluding hydrogens is 1170 g/mol. The molecule has 3 aromatic carbocycles. The molecule has 308 valence electrons. The first-order valence-corrected chi connectivity index (χ1v) is 18.0. The summed E-state index contributed by atoms with van der Waals surface area (Å²) in [4.78, 5) is 0. The molecule has 2 N–H and O–H groups in total. The van der Waals surface area contributed by atoms with Crippen molar-refractivity contribution in [1.82, 2.24) is 0 Å². The van der Waals surface area contributed by atoms with E-state index in [1.54, 1.807) is 20.2 Å². The Labute approximate surface area is 394 Å². The summed E-state index contributed by atoms with van der Waals surface area (Å²) in [5.74, 6) is 0. The third-order valence-corrected chi connectivity index (χ3v) is 5.82.